The molecule has 11 heteroatoms. The molecule has 0 aliphatic carbocycles. The highest BCUT2D eigenvalue weighted by Crippen LogP contribution is 2.32. The van der Waals surface area contributed by atoms with Crippen molar-refractivity contribution in [3.63, 3.8) is 0 Å². The Morgan fingerprint density at radius 3 is 2.52 bits per heavy atom. The molecule has 1 aromatic carbocycles. The lowest BCUT2D eigenvalue weighted by atomic mass is 10.1. The lowest BCUT2D eigenvalue weighted by Gasteiger charge is -2.15. The largest absolute Gasteiger partial charge is 0.480 e. The molecule has 0 fully saturated rings. The second-order valence-electron chi connectivity index (χ2n) is 6.24. The first-order valence-electron chi connectivity index (χ1n) is 8.49. The normalized spacial score (nSPS) is 15.9. The molecule has 0 saturated heterocycles. The van der Waals surface area contributed by atoms with Crippen LogP contribution in [0.2, 0.25) is 0 Å². The number of hydrogen-bond acceptors (Lipinski definition) is 8. The molecule has 0 unspecified atom stereocenters. The fourth-order valence-electron chi connectivity index (χ4n) is 3.20. The molecule has 3 amide bonds. The van der Waals surface area contributed by atoms with Crippen molar-refractivity contribution in [2.45, 2.75) is 0 Å². The zero-order chi connectivity index (χ0) is 21.3. The minimum atomic E-state index is -1.35. The van der Waals surface area contributed by atoms with Crippen LogP contribution in [0.4, 0.5) is 5.69 Å². The highest BCUT2D eigenvalue weighted by Gasteiger charge is 2.40. The summed E-state index contributed by atoms with van der Waals surface area (Å²) in [5.41, 5.74) is -0.175. The van der Waals surface area contributed by atoms with Crippen LogP contribution in [0, 0.1) is 0 Å². The van der Waals surface area contributed by atoms with Gasteiger partial charge in [-0.2, -0.15) is 0 Å². The number of ether oxygens (including phenoxy) is 1. The Bertz CT molecular complexity index is 968. The van der Waals surface area contributed by atoms with Gasteiger partial charge in [0.2, 0.25) is 0 Å². The molecule has 152 valence electrons. The number of nitrogens with zero attached hydrogens (tertiary/aromatic N) is 2. The molecule has 2 aliphatic rings. The van der Waals surface area contributed by atoms with Crippen molar-refractivity contribution < 1.29 is 38.9 Å². The molecule has 0 aromatic heterocycles. The summed E-state index contributed by atoms with van der Waals surface area (Å²) in [6.07, 6.45) is 0. The van der Waals surface area contributed by atoms with Gasteiger partial charge in [0.25, 0.3) is 17.7 Å². The number of fused-ring (bicyclic) bond motifs is 1. The van der Waals surface area contributed by atoms with Gasteiger partial charge in [0.05, 0.1) is 42.6 Å². The summed E-state index contributed by atoms with van der Waals surface area (Å²) in [7, 11) is 1.15. The number of carbonyl (C=O) groups is 5. The number of β-amino-alcohol motifs (C(OH)–C–C–N with tert-alkyl or cyclic N) is 1. The van der Waals surface area contributed by atoms with Crippen molar-refractivity contribution in [1.82, 2.24) is 9.80 Å². The smallest absolute Gasteiger partial charge is 0.337 e. The lowest BCUT2D eigenvalue weighted by molar-refractivity contribution is -0.137. The molecule has 0 spiro atoms. The van der Waals surface area contributed by atoms with Crippen LogP contribution >= 0.6 is 0 Å². The Morgan fingerprint density at radius 1 is 1.17 bits per heavy atom. The first kappa shape index (κ1) is 20.0. The maximum absolute atomic E-state index is 12.6. The van der Waals surface area contributed by atoms with E-state index in [0.717, 1.165) is 7.11 Å². The summed E-state index contributed by atoms with van der Waals surface area (Å²) in [5.74, 6) is -4.29. The van der Waals surface area contributed by atoms with Crippen LogP contribution in [0.25, 0.3) is 0 Å². The van der Waals surface area contributed by atoms with Crippen molar-refractivity contribution in [2.24, 2.45) is 0 Å². The average Bonchev–Trinajstić information content (AvgIpc) is 3.12. The van der Waals surface area contributed by atoms with Crippen molar-refractivity contribution >= 4 is 35.3 Å². The summed E-state index contributed by atoms with van der Waals surface area (Å²) in [5, 5.41) is 20.8. The van der Waals surface area contributed by atoms with Gasteiger partial charge >= 0.3 is 11.9 Å². The second kappa shape index (κ2) is 7.72. The number of aliphatic hydroxyl groups excluding tert-OH is 1. The number of carbonyl (C=O) groups excluding carboxylic acids is 4. The van der Waals surface area contributed by atoms with Gasteiger partial charge in [-0.25, -0.2) is 4.79 Å². The molecule has 3 rings (SSSR count). The molecule has 2 heterocycles. The third-order valence-corrected chi connectivity index (χ3v) is 4.51. The fourth-order valence-corrected chi connectivity index (χ4v) is 3.20. The Balaban J connectivity index is 2.01. The van der Waals surface area contributed by atoms with Gasteiger partial charge in [-0.1, -0.05) is 6.07 Å². The van der Waals surface area contributed by atoms with Gasteiger partial charge in [0.15, 0.2) is 0 Å². The van der Waals surface area contributed by atoms with Gasteiger partial charge in [0.1, 0.15) is 12.2 Å². The number of aliphatic hydroxyl groups is 1. The first-order chi connectivity index (χ1) is 13.8. The number of amides is 3. The molecular weight excluding hydrogens is 386 g/mol. The molecule has 0 radical (unpaired) electrons. The topological polar surface area (TPSA) is 154 Å². The second-order valence-corrected chi connectivity index (χ2v) is 6.24. The Labute approximate surface area is 164 Å². The van der Waals surface area contributed by atoms with Crippen molar-refractivity contribution in [3.8, 4) is 0 Å². The van der Waals surface area contributed by atoms with Crippen molar-refractivity contribution in [3.05, 3.63) is 40.6 Å². The summed E-state index contributed by atoms with van der Waals surface area (Å²) in [6.45, 7) is -1.22. The number of esters is 1. The summed E-state index contributed by atoms with van der Waals surface area (Å²) >= 11 is 0. The molecule has 2 aliphatic heterocycles. The minimum absolute atomic E-state index is 0.00252. The van der Waals surface area contributed by atoms with Crippen LogP contribution in [-0.2, 0) is 19.1 Å². The van der Waals surface area contributed by atoms with E-state index < -0.39 is 36.2 Å². The van der Waals surface area contributed by atoms with E-state index in [1.807, 2.05) is 0 Å². The van der Waals surface area contributed by atoms with Crippen LogP contribution < -0.4 is 5.32 Å². The quantitative estimate of drug-likeness (QED) is 0.386. The minimum Gasteiger partial charge on any atom is -0.480 e. The number of carboxylic acid groups (broad SMARTS) is 1. The Hall–Kier alpha value is -3.73. The monoisotopic (exact) mass is 403 g/mol. The van der Waals surface area contributed by atoms with E-state index in [-0.39, 0.29) is 47.8 Å². The Morgan fingerprint density at radius 2 is 1.90 bits per heavy atom. The Kier molecular flexibility index (Phi) is 5.33. The van der Waals surface area contributed by atoms with E-state index in [4.69, 9.17) is 14.9 Å². The molecule has 1 aromatic rings. The highest BCUT2D eigenvalue weighted by molar-refractivity contribution is 6.25. The molecule has 0 atom stereocenters. The number of hydrogen-bond donors (Lipinski definition) is 3. The molecule has 3 N–H and O–H groups in total. The summed E-state index contributed by atoms with van der Waals surface area (Å²) in [6, 6.07) is 4.25. The highest BCUT2D eigenvalue weighted by atomic mass is 16.5. The molecule has 29 heavy (non-hydrogen) atoms. The molecule has 11 nitrogen and oxygen atoms in total. The van der Waals surface area contributed by atoms with Gasteiger partial charge in [-0.15, -0.1) is 0 Å². The van der Waals surface area contributed by atoms with E-state index >= 15 is 0 Å². The average molecular weight is 403 g/mol. The van der Waals surface area contributed by atoms with Crippen molar-refractivity contribution in [2.75, 3.05) is 38.7 Å². The predicted molar refractivity (Wildman–Crippen MR) is 95.8 cm³/mol. The van der Waals surface area contributed by atoms with Crippen LogP contribution in [0.1, 0.15) is 20.7 Å². The maximum Gasteiger partial charge on any atom is 0.337 e. The molecule has 0 bridgehead atoms. The van der Waals surface area contributed by atoms with Crippen molar-refractivity contribution in [1.29, 1.82) is 0 Å². The number of benzene rings is 1. The third kappa shape index (κ3) is 3.43. The van der Waals surface area contributed by atoms with Gasteiger partial charge in [0, 0.05) is 6.54 Å². The zero-order valence-corrected chi connectivity index (χ0v) is 15.3. The SMILES string of the molecule is COC(=O)C1=C(Nc2cccc3c2C(=O)N(CC(=O)O)C3=O)C(=O)N(CCO)C1. The van der Waals surface area contributed by atoms with Gasteiger partial charge < -0.3 is 25.2 Å². The number of nitrogens with one attached hydrogen (secondary N) is 1. The van der Waals surface area contributed by atoms with E-state index in [1.165, 1.54) is 23.1 Å². The first-order valence-corrected chi connectivity index (χ1v) is 8.49. The van der Waals surface area contributed by atoms with E-state index in [0.29, 0.717) is 4.90 Å². The van der Waals surface area contributed by atoms with Crippen LogP contribution in [0.5, 0.6) is 0 Å². The summed E-state index contributed by atoms with van der Waals surface area (Å²) < 4.78 is 4.70. The van der Waals surface area contributed by atoms with E-state index in [2.05, 4.69) is 5.32 Å². The number of rotatable bonds is 7. The third-order valence-electron chi connectivity index (χ3n) is 4.51. The zero-order valence-electron chi connectivity index (χ0n) is 15.3. The number of imide groups is 1. The van der Waals surface area contributed by atoms with Crippen LogP contribution in [0.15, 0.2) is 29.5 Å². The molecular formula is C18H17N3O8. The standard InChI is InChI=1S/C18H17N3O8/c1-29-18(28)10-7-20(5-6-22)17(27)14(10)19-11-4-2-3-9-13(11)16(26)21(15(9)25)8-12(23)24/h2-4,19,22H,5-8H2,1H3,(H,23,24). The van der Waals surface area contributed by atoms with Gasteiger partial charge in [-0.3, -0.25) is 24.1 Å². The number of anilines is 1. The number of aliphatic carboxylic acids is 1. The van der Waals surface area contributed by atoms with Crippen LogP contribution in [0.3, 0.4) is 0 Å². The van der Waals surface area contributed by atoms with E-state index in [1.54, 1.807) is 0 Å². The van der Waals surface area contributed by atoms with E-state index in [9.17, 15) is 24.0 Å². The fraction of sp³-hybridized carbons (Fsp3) is 0.278. The van der Waals surface area contributed by atoms with Gasteiger partial charge in [-0.05, 0) is 12.1 Å². The number of carboxylic acids is 1. The molecule has 0 saturated carbocycles. The lowest BCUT2D eigenvalue weighted by Crippen LogP contribution is -2.34. The number of methoxy groups -OCH3 is 1. The van der Waals surface area contributed by atoms with Crippen LogP contribution in [-0.4, -0.2) is 83.0 Å². The predicted octanol–water partition coefficient (Wildman–Crippen LogP) is -0.959. The maximum atomic E-state index is 12.6. The summed E-state index contributed by atoms with van der Waals surface area (Å²) in [4.78, 5) is 62.5.